The van der Waals surface area contributed by atoms with E-state index < -0.39 is 6.29 Å². The molecule has 0 heterocycles. The van der Waals surface area contributed by atoms with Crippen molar-refractivity contribution >= 4 is 12.1 Å². The molecule has 0 saturated heterocycles. The summed E-state index contributed by atoms with van der Waals surface area (Å²) >= 11 is 0. The highest BCUT2D eigenvalue weighted by molar-refractivity contribution is 5.80. The molecule has 0 bridgehead atoms. The molecule has 1 aromatic carbocycles. The number of methoxy groups -OCH3 is 3. The molecule has 6 heteroatoms. The van der Waals surface area contributed by atoms with E-state index in [4.69, 9.17) is 14.2 Å². The molecule has 0 aliphatic rings. The first-order valence-corrected chi connectivity index (χ1v) is 4.85. The Hall–Kier alpha value is -1.79. The highest BCUT2D eigenvalue weighted by atomic mass is 16.7. The standard InChI is InChI=1S/C11H15NO5/c1-15-10-8(14)5-4-7(9(10)12-6-13)11(16-2)17-3/h4-6,11,14H,1-3H3,(H,12,13). The number of phenols is 1. The van der Waals surface area contributed by atoms with E-state index in [9.17, 15) is 9.90 Å². The van der Waals surface area contributed by atoms with Gasteiger partial charge in [0.2, 0.25) is 6.41 Å². The van der Waals surface area contributed by atoms with Crippen molar-refractivity contribution in [3.8, 4) is 11.5 Å². The normalized spacial score (nSPS) is 10.4. The Morgan fingerprint density at radius 3 is 2.41 bits per heavy atom. The lowest BCUT2D eigenvalue weighted by molar-refractivity contribution is -0.106. The zero-order chi connectivity index (χ0) is 12.8. The van der Waals surface area contributed by atoms with Gasteiger partial charge >= 0.3 is 0 Å². The molecular weight excluding hydrogens is 226 g/mol. The van der Waals surface area contributed by atoms with Crippen LogP contribution in [-0.4, -0.2) is 32.8 Å². The van der Waals surface area contributed by atoms with E-state index in [0.29, 0.717) is 17.7 Å². The molecule has 94 valence electrons. The predicted octanol–water partition coefficient (Wildman–Crippen LogP) is 1.26. The molecule has 6 nitrogen and oxygen atoms in total. The van der Waals surface area contributed by atoms with Gasteiger partial charge in [0.1, 0.15) is 0 Å². The Balaban J connectivity index is 3.33. The number of ether oxygens (including phenoxy) is 3. The van der Waals surface area contributed by atoms with Crippen LogP contribution >= 0.6 is 0 Å². The van der Waals surface area contributed by atoms with Gasteiger partial charge in [-0.3, -0.25) is 4.79 Å². The molecule has 0 aromatic heterocycles. The molecule has 0 radical (unpaired) electrons. The fourth-order valence-corrected chi connectivity index (χ4v) is 1.55. The van der Waals surface area contributed by atoms with Crippen molar-refractivity contribution in [3.05, 3.63) is 17.7 Å². The van der Waals surface area contributed by atoms with Crippen molar-refractivity contribution in [2.75, 3.05) is 26.6 Å². The van der Waals surface area contributed by atoms with Crippen LogP contribution in [0.3, 0.4) is 0 Å². The van der Waals surface area contributed by atoms with Crippen LogP contribution in [-0.2, 0) is 14.3 Å². The van der Waals surface area contributed by atoms with Crippen LogP contribution in [0.25, 0.3) is 0 Å². The number of phenolic OH excluding ortho intramolecular Hbond substituents is 1. The van der Waals surface area contributed by atoms with Gasteiger partial charge in [0.15, 0.2) is 17.8 Å². The van der Waals surface area contributed by atoms with E-state index in [2.05, 4.69) is 5.32 Å². The summed E-state index contributed by atoms with van der Waals surface area (Å²) in [7, 11) is 4.33. The topological polar surface area (TPSA) is 77.0 Å². The van der Waals surface area contributed by atoms with Gasteiger partial charge in [0, 0.05) is 19.8 Å². The van der Waals surface area contributed by atoms with Gasteiger partial charge in [-0.05, 0) is 12.1 Å². The van der Waals surface area contributed by atoms with Crippen molar-refractivity contribution in [1.29, 1.82) is 0 Å². The third-order valence-corrected chi connectivity index (χ3v) is 2.26. The number of amides is 1. The quantitative estimate of drug-likeness (QED) is 0.579. The first kappa shape index (κ1) is 13.3. The summed E-state index contributed by atoms with van der Waals surface area (Å²) in [4.78, 5) is 10.6. The van der Waals surface area contributed by atoms with Crippen LogP contribution in [0.5, 0.6) is 11.5 Å². The first-order valence-electron chi connectivity index (χ1n) is 4.85. The van der Waals surface area contributed by atoms with Gasteiger partial charge in [0.05, 0.1) is 12.8 Å². The number of anilines is 1. The van der Waals surface area contributed by atoms with Gasteiger partial charge in [-0.1, -0.05) is 0 Å². The number of benzene rings is 1. The van der Waals surface area contributed by atoms with Crippen molar-refractivity contribution in [1.82, 2.24) is 0 Å². The molecule has 0 spiro atoms. The van der Waals surface area contributed by atoms with Crippen molar-refractivity contribution in [2.24, 2.45) is 0 Å². The Labute approximate surface area is 99.1 Å². The molecule has 0 saturated carbocycles. The lowest BCUT2D eigenvalue weighted by atomic mass is 10.1. The van der Waals surface area contributed by atoms with Gasteiger partial charge in [-0.2, -0.15) is 0 Å². The summed E-state index contributed by atoms with van der Waals surface area (Å²) in [6.07, 6.45) is -0.171. The zero-order valence-corrected chi connectivity index (χ0v) is 9.89. The summed E-state index contributed by atoms with van der Waals surface area (Å²) < 4.78 is 15.2. The smallest absolute Gasteiger partial charge is 0.211 e. The molecule has 0 aliphatic heterocycles. The second-order valence-electron chi connectivity index (χ2n) is 3.15. The average Bonchev–Trinajstić information content (AvgIpc) is 2.34. The van der Waals surface area contributed by atoms with Crippen LogP contribution in [0.2, 0.25) is 0 Å². The third kappa shape index (κ3) is 2.66. The second-order valence-corrected chi connectivity index (χ2v) is 3.15. The number of carbonyl (C=O) groups is 1. The molecule has 1 rings (SSSR count). The van der Waals surface area contributed by atoms with E-state index in [1.165, 1.54) is 27.4 Å². The third-order valence-electron chi connectivity index (χ3n) is 2.26. The Morgan fingerprint density at radius 1 is 1.29 bits per heavy atom. The maximum Gasteiger partial charge on any atom is 0.211 e. The predicted molar refractivity (Wildman–Crippen MR) is 61.1 cm³/mol. The van der Waals surface area contributed by atoms with Gasteiger partial charge < -0.3 is 24.6 Å². The molecule has 0 unspecified atom stereocenters. The lowest BCUT2D eigenvalue weighted by Crippen LogP contribution is -2.09. The summed E-state index contributed by atoms with van der Waals surface area (Å²) in [5, 5.41) is 12.1. The van der Waals surface area contributed by atoms with Crippen LogP contribution in [0.1, 0.15) is 11.9 Å². The number of rotatable bonds is 6. The monoisotopic (exact) mass is 241 g/mol. The SMILES string of the molecule is COc1c(O)ccc(C(OC)OC)c1NC=O. The molecule has 0 atom stereocenters. The molecule has 17 heavy (non-hydrogen) atoms. The molecule has 2 N–H and O–H groups in total. The average molecular weight is 241 g/mol. The maximum absolute atomic E-state index is 10.6. The van der Waals surface area contributed by atoms with Crippen molar-refractivity contribution in [3.63, 3.8) is 0 Å². The summed E-state index contributed by atoms with van der Waals surface area (Å²) in [5.41, 5.74) is 0.868. The fraction of sp³-hybridized carbons (Fsp3) is 0.364. The fourth-order valence-electron chi connectivity index (χ4n) is 1.55. The Kier molecular flexibility index (Phi) is 4.74. The van der Waals surface area contributed by atoms with E-state index in [1.807, 2.05) is 0 Å². The minimum absolute atomic E-state index is 0.0773. The minimum atomic E-state index is -0.660. The van der Waals surface area contributed by atoms with Crippen molar-refractivity contribution in [2.45, 2.75) is 6.29 Å². The van der Waals surface area contributed by atoms with E-state index >= 15 is 0 Å². The summed E-state index contributed by atoms with van der Waals surface area (Å²) in [6, 6.07) is 3.02. The minimum Gasteiger partial charge on any atom is -0.504 e. The summed E-state index contributed by atoms with van der Waals surface area (Å²) in [5.74, 6) is 0.0836. The molecule has 0 fully saturated rings. The highest BCUT2D eigenvalue weighted by Crippen LogP contribution is 2.40. The van der Waals surface area contributed by atoms with Crippen LogP contribution < -0.4 is 10.1 Å². The van der Waals surface area contributed by atoms with Crippen molar-refractivity contribution < 1.29 is 24.1 Å². The number of aromatic hydroxyl groups is 1. The Bertz CT molecular complexity index is 390. The van der Waals surface area contributed by atoms with Gasteiger partial charge in [-0.25, -0.2) is 0 Å². The van der Waals surface area contributed by atoms with Gasteiger partial charge in [-0.15, -0.1) is 0 Å². The number of hydrogen-bond acceptors (Lipinski definition) is 5. The highest BCUT2D eigenvalue weighted by Gasteiger charge is 2.20. The zero-order valence-electron chi connectivity index (χ0n) is 9.89. The molecular formula is C11H15NO5. The lowest BCUT2D eigenvalue weighted by Gasteiger charge is -2.19. The molecule has 1 amide bonds. The molecule has 1 aromatic rings. The van der Waals surface area contributed by atoms with Crippen LogP contribution in [0.4, 0.5) is 5.69 Å². The van der Waals surface area contributed by atoms with Crippen LogP contribution in [0.15, 0.2) is 12.1 Å². The maximum atomic E-state index is 10.6. The first-order chi connectivity index (χ1) is 8.19. The van der Waals surface area contributed by atoms with Gasteiger partial charge in [0.25, 0.3) is 0 Å². The molecule has 0 aliphatic carbocycles. The number of nitrogens with one attached hydrogen (secondary N) is 1. The number of hydrogen-bond donors (Lipinski definition) is 2. The van der Waals surface area contributed by atoms with E-state index in [1.54, 1.807) is 6.07 Å². The largest absolute Gasteiger partial charge is 0.504 e. The summed E-state index contributed by atoms with van der Waals surface area (Å²) in [6.45, 7) is 0. The van der Waals surface area contributed by atoms with Crippen LogP contribution in [0, 0.1) is 0 Å². The van der Waals surface area contributed by atoms with E-state index in [-0.39, 0.29) is 11.5 Å². The Morgan fingerprint density at radius 2 is 1.94 bits per heavy atom. The second kappa shape index (κ2) is 6.07. The van der Waals surface area contributed by atoms with E-state index in [0.717, 1.165) is 0 Å². The number of carbonyl (C=O) groups excluding carboxylic acids is 1.